The first-order chi connectivity index (χ1) is 9.10. The minimum atomic E-state index is 0.0503. The molecular weight excluding hydrogens is 236 g/mol. The molecule has 5 unspecified atom stereocenters. The maximum Gasteiger partial charge on any atom is 0.241 e. The molecule has 0 aromatic heterocycles. The third kappa shape index (κ3) is 2.81. The van der Waals surface area contributed by atoms with Crippen LogP contribution in [0.2, 0.25) is 0 Å². The molecule has 19 heavy (non-hydrogen) atoms. The van der Waals surface area contributed by atoms with Gasteiger partial charge in [-0.1, -0.05) is 47.0 Å². The molecule has 2 fully saturated rings. The molecule has 0 aromatic carbocycles. The van der Waals surface area contributed by atoms with Crippen LogP contribution in [0.15, 0.2) is 0 Å². The van der Waals surface area contributed by atoms with E-state index in [9.17, 15) is 4.79 Å². The van der Waals surface area contributed by atoms with E-state index in [1.165, 1.54) is 19.3 Å². The third-order valence-corrected chi connectivity index (χ3v) is 5.18. The molecule has 2 rings (SSSR count). The van der Waals surface area contributed by atoms with Crippen molar-refractivity contribution in [3.05, 3.63) is 0 Å². The van der Waals surface area contributed by atoms with E-state index in [0.717, 1.165) is 19.3 Å². The largest absolute Gasteiger partial charge is 0.323 e. The molecule has 3 heteroatoms. The zero-order chi connectivity index (χ0) is 14.0. The fourth-order valence-corrected chi connectivity index (χ4v) is 3.75. The van der Waals surface area contributed by atoms with Gasteiger partial charge in [-0.2, -0.15) is 0 Å². The van der Waals surface area contributed by atoms with E-state index >= 15 is 0 Å². The Kier molecular flexibility index (Phi) is 4.88. The van der Waals surface area contributed by atoms with Crippen LogP contribution < -0.4 is 5.32 Å². The topological polar surface area (TPSA) is 32.3 Å². The first-order valence-electron chi connectivity index (χ1n) is 8.18. The summed E-state index contributed by atoms with van der Waals surface area (Å²) in [5.41, 5.74) is 0. The Morgan fingerprint density at radius 1 is 1.37 bits per heavy atom. The average molecular weight is 266 g/mol. The van der Waals surface area contributed by atoms with Gasteiger partial charge in [-0.25, -0.2) is 0 Å². The van der Waals surface area contributed by atoms with Gasteiger partial charge in [0.15, 0.2) is 0 Å². The summed E-state index contributed by atoms with van der Waals surface area (Å²) in [4.78, 5) is 15.0. The van der Waals surface area contributed by atoms with Crippen LogP contribution in [0.4, 0.5) is 0 Å². The second-order valence-electron chi connectivity index (χ2n) is 6.56. The Balaban J connectivity index is 2.15. The van der Waals surface area contributed by atoms with Crippen molar-refractivity contribution in [1.82, 2.24) is 10.2 Å². The molecule has 1 amide bonds. The van der Waals surface area contributed by atoms with Gasteiger partial charge in [0, 0.05) is 6.04 Å². The van der Waals surface area contributed by atoms with Gasteiger partial charge in [0.25, 0.3) is 0 Å². The van der Waals surface area contributed by atoms with Crippen molar-refractivity contribution < 1.29 is 4.79 Å². The molecule has 1 saturated carbocycles. The van der Waals surface area contributed by atoms with Gasteiger partial charge in [-0.3, -0.25) is 10.1 Å². The number of rotatable bonds is 5. The molecule has 1 aliphatic carbocycles. The zero-order valence-electron chi connectivity index (χ0n) is 13.0. The Hall–Kier alpha value is -0.570. The number of hydrogen-bond acceptors (Lipinski definition) is 2. The summed E-state index contributed by atoms with van der Waals surface area (Å²) in [7, 11) is 0. The highest BCUT2D eigenvalue weighted by Gasteiger charge is 2.45. The van der Waals surface area contributed by atoms with E-state index in [-0.39, 0.29) is 12.2 Å². The zero-order valence-corrected chi connectivity index (χ0v) is 13.0. The molecular formula is C16H30N2O. The van der Waals surface area contributed by atoms with E-state index in [2.05, 4.69) is 37.9 Å². The number of nitrogens with zero attached hydrogens (tertiary/aromatic N) is 1. The van der Waals surface area contributed by atoms with Crippen molar-refractivity contribution in [2.75, 3.05) is 0 Å². The third-order valence-electron chi connectivity index (χ3n) is 5.18. The molecule has 0 bridgehead atoms. The van der Waals surface area contributed by atoms with Gasteiger partial charge in [0.05, 0.1) is 12.2 Å². The highest BCUT2D eigenvalue weighted by atomic mass is 16.2. The van der Waals surface area contributed by atoms with Gasteiger partial charge < -0.3 is 4.90 Å². The van der Waals surface area contributed by atoms with Gasteiger partial charge >= 0.3 is 0 Å². The standard InChI is InChI=1S/C16H30N2O/c1-5-8-14-17-15(11(3)6-2)16(19)18(14)13-10-7-9-12(13)4/h11-15,17H,5-10H2,1-4H3. The van der Waals surface area contributed by atoms with Crippen LogP contribution in [0, 0.1) is 11.8 Å². The molecule has 0 radical (unpaired) electrons. The highest BCUT2D eigenvalue weighted by Crippen LogP contribution is 2.34. The van der Waals surface area contributed by atoms with E-state index in [1.807, 2.05) is 0 Å². The molecule has 5 atom stereocenters. The van der Waals surface area contributed by atoms with Crippen LogP contribution in [0.25, 0.3) is 0 Å². The Bertz CT molecular complexity index is 318. The Morgan fingerprint density at radius 3 is 2.63 bits per heavy atom. The van der Waals surface area contributed by atoms with Crippen LogP contribution in [0.3, 0.4) is 0 Å². The summed E-state index contributed by atoms with van der Waals surface area (Å²) in [5, 5.41) is 3.62. The predicted octanol–water partition coefficient (Wildman–Crippen LogP) is 3.15. The normalized spacial score (nSPS) is 37.1. The van der Waals surface area contributed by atoms with Crippen molar-refractivity contribution in [1.29, 1.82) is 0 Å². The predicted molar refractivity (Wildman–Crippen MR) is 78.7 cm³/mol. The minimum absolute atomic E-state index is 0.0503. The van der Waals surface area contributed by atoms with E-state index in [1.54, 1.807) is 0 Å². The van der Waals surface area contributed by atoms with Crippen LogP contribution >= 0.6 is 0 Å². The number of hydrogen-bond donors (Lipinski definition) is 1. The molecule has 110 valence electrons. The van der Waals surface area contributed by atoms with Gasteiger partial charge in [0.2, 0.25) is 5.91 Å². The number of carbonyl (C=O) groups is 1. The summed E-state index contributed by atoms with van der Waals surface area (Å²) in [5.74, 6) is 1.47. The van der Waals surface area contributed by atoms with Gasteiger partial charge in [-0.15, -0.1) is 0 Å². The molecule has 1 N–H and O–H groups in total. The Labute approximate surface area is 118 Å². The maximum atomic E-state index is 12.8. The van der Waals surface area contributed by atoms with Crippen molar-refractivity contribution in [3.63, 3.8) is 0 Å². The van der Waals surface area contributed by atoms with Crippen LogP contribution in [-0.4, -0.2) is 29.1 Å². The van der Waals surface area contributed by atoms with Crippen molar-refractivity contribution in [2.45, 2.75) is 84.5 Å². The van der Waals surface area contributed by atoms with Crippen LogP contribution in [-0.2, 0) is 4.79 Å². The average Bonchev–Trinajstić information content (AvgIpc) is 2.93. The molecule has 2 aliphatic rings. The van der Waals surface area contributed by atoms with Gasteiger partial charge in [-0.05, 0) is 31.1 Å². The number of nitrogens with one attached hydrogen (secondary N) is 1. The number of carbonyl (C=O) groups excluding carboxylic acids is 1. The van der Waals surface area contributed by atoms with Crippen molar-refractivity contribution >= 4 is 5.91 Å². The van der Waals surface area contributed by atoms with Crippen molar-refractivity contribution in [2.24, 2.45) is 11.8 Å². The first-order valence-corrected chi connectivity index (χ1v) is 8.18. The summed E-state index contributed by atoms with van der Waals surface area (Å²) >= 11 is 0. The summed E-state index contributed by atoms with van der Waals surface area (Å²) in [6.07, 6.45) is 7.32. The lowest BCUT2D eigenvalue weighted by atomic mass is 9.98. The monoisotopic (exact) mass is 266 g/mol. The molecule has 1 aliphatic heterocycles. The lowest BCUT2D eigenvalue weighted by Gasteiger charge is -2.33. The quantitative estimate of drug-likeness (QED) is 0.829. The molecule has 3 nitrogen and oxygen atoms in total. The van der Waals surface area contributed by atoms with Gasteiger partial charge in [0.1, 0.15) is 0 Å². The molecule has 1 saturated heterocycles. The van der Waals surface area contributed by atoms with Crippen molar-refractivity contribution in [3.8, 4) is 0 Å². The molecule has 0 spiro atoms. The Morgan fingerprint density at radius 2 is 2.11 bits per heavy atom. The first kappa shape index (κ1) is 14.8. The minimum Gasteiger partial charge on any atom is -0.323 e. The SMILES string of the molecule is CCCC1NC(C(C)CC)C(=O)N1C1CCCC1C. The second kappa shape index (κ2) is 6.25. The molecule has 0 aromatic rings. The van der Waals surface area contributed by atoms with Crippen LogP contribution in [0.5, 0.6) is 0 Å². The summed E-state index contributed by atoms with van der Waals surface area (Å²) in [6, 6.07) is 0.528. The second-order valence-corrected chi connectivity index (χ2v) is 6.56. The fourth-order valence-electron chi connectivity index (χ4n) is 3.75. The van der Waals surface area contributed by atoms with E-state index in [4.69, 9.17) is 0 Å². The molecule has 1 heterocycles. The number of amides is 1. The maximum absolute atomic E-state index is 12.8. The summed E-state index contributed by atoms with van der Waals surface area (Å²) in [6.45, 7) is 8.89. The smallest absolute Gasteiger partial charge is 0.241 e. The fraction of sp³-hybridized carbons (Fsp3) is 0.938. The van der Waals surface area contributed by atoms with Crippen LogP contribution in [0.1, 0.15) is 66.2 Å². The lowest BCUT2D eigenvalue weighted by molar-refractivity contribution is -0.133. The highest BCUT2D eigenvalue weighted by molar-refractivity contribution is 5.85. The van der Waals surface area contributed by atoms with E-state index < -0.39 is 0 Å². The lowest BCUT2D eigenvalue weighted by Crippen LogP contribution is -2.45. The summed E-state index contributed by atoms with van der Waals surface area (Å²) < 4.78 is 0. The van der Waals surface area contributed by atoms with E-state index in [0.29, 0.717) is 23.8 Å².